The average molecular weight is 431 g/mol. The standard InChI is InChI=1S/C22H21N7O3/c1-2-12-29-19(30)16-11-7-6-10-15(16)18(28-29)20(31)32-13-17-25-21(23)27-22(26-17)24-14-8-4-3-5-9-14/h3-11H,2,12-13H2,1H3,(H3,23,24,25,26,27). The van der Waals surface area contributed by atoms with Crippen LogP contribution in [0.25, 0.3) is 10.8 Å². The number of rotatable bonds is 7. The van der Waals surface area contributed by atoms with E-state index in [1.165, 1.54) is 4.68 Å². The fraction of sp³-hybridized carbons (Fsp3) is 0.182. The number of anilines is 3. The Balaban J connectivity index is 1.57. The van der Waals surface area contributed by atoms with E-state index in [4.69, 9.17) is 10.5 Å². The number of ether oxygens (including phenoxy) is 1. The number of nitrogens with two attached hydrogens (primary N) is 1. The molecule has 0 radical (unpaired) electrons. The molecule has 0 atom stereocenters. The number of aromatic nitrogens is 5. The van der Waals surface area contributed by atoms with Gasteiger partial charge in [0.1, 0.15) is 0 Å². The predicted octanol–water partition coefficient (Wildman–Crippen LogP) is 2.67. The van der Waals surface area contributed by atoms with E-state index in [0.717, 1.165) is 5.69 Å². The van der Waals surface area contributed by atoms with Gasteiger partial charge in [-0.15, -0.1) is 0 Å². The van der Waals surface area contributed by atoms with Gasteiger partial charge in [-0.05, 0) is 24.6 Å². The lowest BCUT2D eigenvalue weighted by molar-refractivity contribution is 0.0454. The SMILES string of the molecule is CCCn1nc(C(=O)OCc2nc(N)nc(Nc3ccccc3)n2)c2ccccc2c1=O. The highest BCUT2D eigenvalue weighted by molar-refractivity contribution is 6.02. The molecule has 4 rings (SSSR count). The molecule has 0 amide bonds. The summed E-state index contributed by atoms with van der Waals surface area (Å²) in [6.07, 6.45) is 0.695. The van der Waals surface area contributed by atoms with Gasteiger partial charge in [-0.1, -0.05) is 43.3 Å². The monoisotopic (exact) mass is 431 g/mol. The van der Waals surface area contributed by atoms with Crippen molar-refractivity contribution < 1.29 is 9.53 Å². The van der Waals surface area contributed by atoms with Crippen LogP contribution in [0, 0.1) is 0 Å². The maximum Gasteiger partial charge on any atom is 0.359 e. The van der Waals surface area contributed by atoms with Crippen molar-refractivity contribution in [1.82, 2.24) is 24.7 Å². The van der Waals surface area contributed by atoms with Gasteiger partial charge in [0.15, 0.2) is 18.1 Å². The van der Waals surface area contributed by atoms with Crippen molar-refractivity contribution in [3.8, 4) is 0 Å². The zero-order valence-electron chi connectivity index (χ0n) is 17.4. The van der Waals surface area contributed by atoms with Crippen LogP contribution in [0.15, 0.2) is 59.4 Å². The number of hydrogen-bond donors (Lipinski definition) is 2. The Labute approximate surface area is 183 Å². The van der Waals surface area contributed by atoms with E-state index in [1.807, 2.05) is 37.3 Å². The summed E-state index contributed by atoms with van der Waals surface area (Å²) in [6.45, 7) is 2.08. The fourth-order valence-corrected chi connectivity index (χ4v) is 3.16. The molecule has 0 aliphatic heterocycles. The van der Waals surface area contributed by atoms with Crippen LogP contribution in [0.2, 0.25) is 0 Å². The minimum atomic E-state index is -0.692. The molecule has 0 fully saturated rings. The minimum Gasteiger partial charge on any atom is -0.453 e. The molecular formula is C22H21N7O3. The van der Waals surface area contributed by atoms with Gasteiger partial charge in [-0.25, -0.2) is 9.48 Å². The van der Waals surface area contributed by atoms with Gasteiger partial charge in [-0.3, -0.25) is 4.79 Å². The van der Waals surface area contributed by atoms with Crippen LogP contribution in [0.5, 0.6) is 0 Å². The van der Waals surface area contributed by atoms with Crippen molar-refractivity contribution >= 4 is 34.3 Å². The molecule has 0 aliphatic rings. The number of nitrogens with one attached hydrogen (secondary N) is 1. The number of hydrogen-bond acceptors (Lipinski definition) is 9. The van der Waals surface area contributed by atoms with Crippen molar-refractivity contribution in [2.45, 2.75) is 26.5 Å². The van der Waals surface area contributed by atoms with Gasteiger partial charge in [-0.2, -0.15) is 20.1 Å². The Morgan fingerprint density at radius 3 is 2.50 bits per heavy atom. The van der Waals surface area contributed by atoms with Crippen molar-refractivity contribution in [3.63, 3.8) is 0 Å². The zero-order chi connectivity index (χ0) is 22.5. The van der Waals surface area contributed by atoms with Crippen LogP contribution >= 0.6 is 0 Å². The van der Waals surface area contributed by atoms with Crippen LogP contribution in [-0.4, -0.2) is 30.7 Å². The molecule has 32 heavy (non-hydrogen) atoms. The van der Waals surface area contributed by atoms with Gasteiger partial charge in [0.2, 0.25) is 11.9 Å². The highest BCUT2D eigenvalue weighted by Crippen LogP contribution is 2.16. The molecule has 2 aromatic carbocycles. The maximum atomic E-state index is 12.8. The third kappa shape index (κ3) is 4.53. The number of para-hydroxylation sites is 1. The Morgan fingerprint density at radius 1 is 1.03 bits per heavy atom. The van der Waals surface area contributed by atoms with E-state index in [1.54, 1.807) is 24.3 Å². The Bertz CT molecular complexity index is 1320. The Kier molecular flexibility index (Phi) is 6.02. The molecule has 4 aromatic rings. The largest absolute Gasteiger partial charge is 0.453 e. The summed E-state index contributed by atoms with van der Waals surface area (Å²) in [5.41, 5.74) is 6.36. The molecule has 10 nitrogen and oxygen atoms in total. The first kappa shape index (κ1) is 20.9. The normalized spacial score (nSPS) is 10.8. The number of nitrogen functional groups attached to an aromatic ring is 1. The van der Waals surface area contributed by atoms with Gasteiger partial charge in [0.25, 0.3) is 5.56 Å². The lowest BCUT2D eigenvalue weighted by atomic mass is 10.1. The molecule has 3 N–H and O–H groups in total. The summed E-state index contributed by atoms with van der Waals surface area (Å²) in [4.78, 5) is 37.8. The van der Waals surface area contributed by atoms with Crippen LogP contribution < -0.4 is 16.6 Å². The second-order valence-electron chi connectivity index (χ2n) is 6.92. The average Bonchev–Trinajstić information content (AvgIpc) is 2.80. The second-order valence-corrected chi connectivity index (χ2v) is 6.92. The van der Waals surface area contributed by atoms with Gasteiger partial charge < -0.3 is 15.8 Å². The second kappa shape index (κ2) is 9.21. The van der Waals surface area contributed by atoms with Crippen LogP contribution in [0.4, 0.5) is 17.6 Å². The molecule has 162 valence electrons. The first-order chi connectivity index (χ1) is 15.5. The number of carbonyl (C=O) groups is 1. The molecule has 0 bridgehead atoms. The number of esters is 1. The molecule has 2 heterocycles. The minimum absolute atomic E-state index is 0.00968. The lowest BCUT2D eigenvalue weighted by Gasteiger charge is -2.11. The quantitative estimate of drug-likeness (QED) is 0.423. The highest BCUT2D eigenvalue weighted by Gasteiger charge is 2.18. The third-order valence-corrected chi connectivity index (χ3v) is 4.56. The van der Waals surface area contributed by atoms with Crippen LogP contribution in [0.1, 0.15) is 29.7 Å². The van der Waals surface area contributed by atoms with E-state index in [2.05, 4.69) is 25.4 Å². The lowest BCUT2D eigenvalue weighted by Crippen LogP contribution is -2.26. The number of benzene rings is 2. The summed E-state index contributed by atoms with van der Waals surface area (Å²) >= 11 is 0. The van der Waals surface area contributed by atoms with E-state index < -0.39 is 5.97 Å². The number of aryl methyl sites for hydroxylation is 1. The Morgan fingerprint density at radius 2 is 1.75 bits per heavy atom. The van der Waals surface area contributed by atoms with Crippen LogP contribution in [-0.2, 0) is 17.9 Å². The summed E-state index contributed by atoms with van der Waals surface area (Å²) in [6, 6.07) is 16.1. The fourth-order valence-electron chi connectivity index (χ4n) is 3.16. The van der Waals surface area contributed by atoms with Crippen LogP contribution in [0.3, 0.4) is 0 Å². The summed E-state index contributed by atoms with van der Waals surface area (Å²) in [5.74, 6) is -0.294. The topological polar surface area (TPSA) is 138 Å². The van der Waals surface area contributed by atoms with E-state index in [-0.39, 0.29) is 35.6 Å². The maximum absolute atomic E-state index is 12.8. The number of carbonyl (C=O) groups excluding carboxylic acids is 1. The number of fused-ring (bicyclic) bond motifs is 1. The smallest absolute Gasteiger partial charge is 0.359 e. The first-order valence-electron chi connectivity index (χ1n) is 10.0. The number of nitrogens with zero attached hydrogens (tertiary/aromatic N) is 5. The molecule has 0 saturated carbocycles. The van der Waals surface area contributed by atoms with Crippen molar-refractivity contribution in [1.29, 1.82) is 0 Å². The van der Waals surface area contributed by atoms with Crippen molar-refractivity contribution in [2.24, 2.45) is 0 Å². The van der Waals surface area contributed by atoms with Gasteiger partial charge >= 0.3 is 5.97 Å². The molecule has 0 aliphatic carbocycles. The molecule has 2 aromatic heterocycles. The summed E-state index contributed by atoms with van der Waals surface area (Å²) in [7, 11) is 0. The third-order valence-electron chi connectivity index (χ3n) is 4.56. The van der Waals surface area contributed by atoms with Gasteiger partial charge in [0, 0.05) is 17.6 Å². The molecule has 0 saturated heterocycles. The van der Waals surface area contributed by atoms with Crippen molar-refractivity contribution in [3.05, 3.63) is 76.5 Å². The Hall–Kier alpha value is -4.34. The molecule has 10 heteroatoms. The van der Waals surface area contributed by atoms with E-state index >= 15 is 0 Å². The molecule has 0 unspecified atom stereocenters. The first-order valence-corrected chi connectivity index (χ1v) is 10.0. The summed E-state index contributed by atoms with van der Waals surface area (Å²) in [5, 5.41) is 8.09. The predicted molar refractivity (Wildman–Crippen MR) is 119 cm³/mol. The van der Waals surface area contributed by atoms with Crippen molar-refractivity contribution in [2.75, 3.05) is 11.1 Å². The molecular weight excluding hydrogens is 410 g/mol. The summed E-state index contributed by atoms with van der Waals surface area (Å²) < 4.78 is 6.68. The van der Waals surface area contributed by atoms with E-state index in [0.29, 0.717) is 23.7 Å². The molecule has 0 spiro atoms. The van der Waals surface area contributed by atoms with E-state index in [9.17, 15) is 9.59 Å². The highest BCUT2D eigenvalue weighted by atomic mass is 16.5. The van der Waals surface area contributed by atoms with Gasteiger partial charge in [0.05, 0.1) is 5.39 Å². The zero-order valence-corrected chi connectivity index (χ0v) is 17.4.